The number of benzene rings is 2. The third kappa shape index (κ3) is 5.23. The first-order chi connectivity index (χ1) is 11.6. The first kappa shape index (κ1) is 18.8. The summed E-state index contributed by atoms with van der Waals surface area (Å²) in [6.45, 7) is 0. The average Bonchev–Trinajstić information content (AvgIpc) is 2.53. The molecular weight excluding hydrogens is 348 g/mol. The molecule has 0 radical (unpaired) electrons. The highest BCUT2D eigenvalue weighted by Crippen LogP contribution is 2.31. The van der Waals surface area contributed by atoms with Crippen LogP contribution in [0.1, 0.15) is 21.5 Å². The summed E-state index contributed by atoms with van der Waals surface area (Å²) >= 11 is 0. The highest BCUT2D eigenvalue weighted by Gasteiger charge is 2.41. The van der Waals surface area contributed by atoms with Crippen molar-refractivity contribution in [3.63, 3.8) is 0 Å². The van der Waals surface area contributed by atoms with Gasteiger partial charge in [-0.3, -0.25) is 4.79 Å². The summed E-state index contributed by atoms with van der Waals surface area (Å²) in [6.07, 6.45) is -10.3. The van der Waals surface area contributed by atoms with E-state index in [9.17, 15) is 31.1 Å². The van der Waals surface area contributed by atoms with Crippen molar-refractivity contribution in [3.8, 4) is 0 Å². The first-order valence-corrected chi connectivity index (χ1v) is 7.16. The van der Waals surface area contributed by atoms with Crippen molar-refractivity contribution < 1.29 is 31.1 Å². The smallest absolute Gasteiger partial charge is 0.340 e. The van der Waals surface area contributed by atoms with Crippen LogP contribution in [-0.2, 0) is 12.6 Å². The lowest BCUT2D eigenvalue weighted by Gasteiger charge is -2.22. The summed E-state index contributed by atoms with van der Waals surface area (Å²) in [5.74, 6) is -0.949. The van der Waals surface area contributed by atoms with E-state index in [1.165, 1.54) is 24.3 Å². The average molecular weight is 361 g/mol. The fraction of sp³-hybridized carbons (Fsp3) is 0.235. The normalized spacial score (nSPS) is 13.4. The molecule has 134 valence electrons. The van der Waals surface area contributed by atoms with Crippen LogP contribution in [0.5, 0.6) is 0 Å². The van der Waals surface area contributed by atoms with Crippen molar-refractivity contribution >= 4 is 5.91 Å². The van der Waals surface area contributed by atoms with E-state index in [2.05, 4.69) is 0 Å². The SMILES string of the molecule is O=C(N[C@@H](Cc1cccc(C(F)(F)F)c1)C(F)(F)F)c1ccccc1. The Morgan fingerprint density at radius 3 is 2.12 bits per heavy atom. The van der Waals surface area contributed by atoms with Crippen molar-refractivity contribution in [2.75, 3.05) is 0 Å². The van der Waals surface area contributed by atoms with Gasteiger partial charge in [0, 0.05) is 12.0 Å². The Morgan fingerprint density at radius 1 is 0.920 bits per heavy atom. The van der Waals surface area contributed by atoms with E-state index < -0.39 is 36.3 Å². The Bertz CT molecular complexity index is 724. The van der Waals surface area contributed by atoms with Crippen molar-refractivity contribution in [2.24, 2.45) is 0 Å². The van der Waals surface area contributed by atoms with Crippen molar-refractivity contribution in [2.45, 2.75) is 24.8 Å². The van der Waals surface area contributed by atoms with Crippen LogP contribution in [0.2, 0.25) is 0 Å². The van der Waals surface area contributed by atoms with Crippen LogP contribution in [0.25, 0.3) is 0 Å². The van der Waals surface area contributed by atoms with E-state index in [0.717, 1.165) is 18.2 Å². The summed E-state index contributed by atoms with van der Waals surface area (Å²) in [6, 6.07) is 8.56. The fourth-order valence-corrected chi connectivity index (χ4v) is 2.19. The fourth-order valence-electron chi connectivity index (χ4n) is 2.19. The van der Waals surface area contributed by atoms with E-state index in [1.54, 1.807) is 6.07 Å². The summed E-state index contributed by atoms with van der Waals surface area (Å²) < 4.78 is 77.6. The Hall–Kier alpha value is -2.51. The lowest BCUT2D eigenvalue weighted by Crippen LogP contribution is -2.46. The predicted octanol–water partition coefficient (Wildman–Crippen LogP) is 4.61. The molecule has 2 aromatic rings. The van der Waals surface area contributed by atoms with E-state index in [0.29, 0.717) is 6.07 Å². The second kappa shape index (κ2) is 7.16. The standard InChI is InChI=1S/C17H13F6NO/c18-16(19,20)13-8-4-5-11(9-13)10-14(17(21,22)23)24-15(25)12-6-2-1-3-7-12/h1-9,14H,10H2,(H,24,25)/t14-/m0/s1. The molecule has 0 bridgehead atoms. The number of alkyl halides is 6. The Kier molecular flexibility index (Phi) is 5.39. The summed E-state index contributed by atoms with van der Waals surface area (Å²) in [5.41, 5.74) is -1.19. The maximum absolute atomic E-state index is 13.2. The van der Waals surface area contributed by atoms with Gasteiger partial charge >= 0.3 is 12.4 Å². The van der Waals surface area contributed by atoms with Gasteiger partial charge in [0.15, 0.2) is 0 Å². The van der Waals surface area contributed by atoms with Gasteiger partial charge in [-0.05, 0) is 23.8 Å². The van der Waals surface area contributed by atoms with Crippen LogP contribution in [0.4, 0.5) is 26.3 Å². The number of carbonyl (C=O) groups is 1. The van der Waals surface area contributed by atoms with Crippen LogP contribution in [0.15, 0.2) is 54.6 Å². The lowest BCUT2D eigenvalue weighted by atomic mass is 10.0. The molecule has 8 heteroatoms. The monoisotopic (exact) mass is 361 g/mol. The molecule has 2 aromatic carbocycles. The highest BCUT2D eigenvalue weighted by molar-refractivity contribution is 5.94. The van der Waals surface area contributed by atoms with Crippen LogP contribution in [-0.4, -0.2) is 18.1 Å². The van der Waals surface area contributed by atoms with Crippen LogP contribution in [0.3, 0.4) is 0 Å². The largest absolute Gasteiger partial charge is 0.416 e. The highest BCUT2D eigenvalue weighted by atomic mass is 19.4. The third-order valence-electron chi connectivity index (χ3n) is 3.43. The van der Waals surface area contributed by atoms with Gasteiger partial charge in [-0.15, -0.1) is 0 Å². The van der Waals surface area contributed by atoms with Crippen LogP contribution in [0, 0.1) is 0 Å². The number of hydrogen-bond acceptors (Lipinski definition) is 1. The van der Waals surface area contributed by atoms with Gasteiger partial charge in [-0.25, -0.2) is 0 Å². The molecule has 25 heavy (non-hydrogen) atoms. The Balaban J connectivity index is 2.21. The van der Waals surface area contributed by atoms with Crippen molar-refractivity contribution in [1.29, 1.82) is 0 Å². The van der Waals surface area contributed by atoms with E-state index in [-0.39, 0.29) is 11.1 Å². The van der Waals surface area contributed by atoms with Crippen molar-refractivity contribution in [1.82, 2.24) is 5.32 Å². The lowest BCUT2D eigenvalue weighted by molar-refractivity contribution is -0.153. The number of carbonyl (C=O) groups excluding carboxylic acids is 1. The molecule has 1 amide bonds. The maximum Gasteiger partial charge on any atom is 0.416 e. The Morgan fingerprint density at radius 2 is 1.56 bits per heavy atom. The maximum atomic E-state index is 13.2. The summed E-state index contributed by atoms with van der Waals surface area (Å²) in [7, 11) is 0. The number of rotatable bonds is 4. The minimum Gasteiger partial charge on any atom is -0.340 e. The minimum absolute atomic E-state index is 0.0285. The molecule has 0 aliphatic heterocycles. The molecule has 0 unspecified atom stereocenters. The molecule has 0 saturated heterocycles. The summed E-state index contributed by atoms with van der Waals surface area (Å²) in [5, 5.41) is 1.83. The van der Waals surface area contributed by atoms with Gasteiger partial charge in [0.2, 0.25) is 0 Å². The number of nitrogens with one attached hydrogen (secondary N) is 1. The van der Waals surface area contributed by atoms with Gasteiger partial charge in [0.05, 0.1) is 5.56 Å². The zero-order chi connectivity index (χ0) is 18.7. The molecule has 2 nitrogen and oxygen atoms in total. The molecule has 0 saturated carbocycles. The molecular formula is C17H13F6NO. The second-order valence-electron chi connectivity index (χ2n) is 5.34. The zero-order valence-electron chi connectivity index (χ0n) is 12.7. The van der Waals surface area contributed by atoms with Crippen molar-refractivity contribution in [3.05, 3.63) is 71.3 Å². The van der Waals surface area contributed by atoms with E-state index in [1.807, 2.05) is 5.32 Å². The molecule has 2 rings (SSSR count). The molecule has 0 fully saturated rings. The van der Waals surface area contributed by atoms with Crippen LogP contribution >= 0.6 is 0 Å². The predicted molar refractivity (Wildman–Crippen MR) is 78.9 cm³/mol. The van der Waals surface area contributed by atoms with E-state index >= 15 is 0 Å². The number of amides is 1. The quantitative estimate of drug-likeness (QED) is 0.792. The van der Waals surface area contributed by atoms with Gasteiger partial charge < -0.3 is 5.32 Å². The molecule has 0 heterocycles. The minimum atomic E-state index is -4.81. The number of halogens is 6. The van der Waals surface area contributed by atoms with Gasteiger partial charge in [0.1, 0.15) is 6.04 Å². The molecule has 0 aromatic heterocycles. The molecule has 0 aliphatic rings. The Labute approximate surface area is 139 Å². The molecule has 0 spiro atoms. The zero-order valence-corrected chi connectivity index (χ0v) is 12.7. The van der Waals surface area contributed by atoms with Gasteiger partial charge in [-0.1, -0.05) is 36.4 Å². The molecule has 1 N–H and O–H groups in total. The third-order valence-corrected chi connectivity index (χ3v) is 3.43. The first-order valence-electron chi connectivity index (χ1n) is 7.16. The second-order valence-corrected chi connectivity index (χ2v) is 5.34. The topological polar surface area (TPSA) is 29.1 Å². The van der Waals surface area contributed by atoms with Gasteiger partial charge in [0.25, 0.3) is 5.91 Å². The van der Waals surface area contributed by atoms with E-state index in [4.69, 9.17) is 0 Å². The summed E-state index contributed by atoms with van der Waals surface area (Å²) in [4.78, 5) is 11.9. The van der Waals surface area contributed by atoms with Gasteiger partial charge in [-0.2, -0.15) is 26.3 Å². The van der Waals surface area contributed by atoms with Crippen LogP contribution < -0.4 is 5.32 Å². The molecule has 0 aliphatic carbocycles. The molecule has 1 atom stereocenters. The number of hydrogen-bond donors (Lipinski definition) is 1.